The molecule has 0 fully saturated rings. The normalized spacial score (nSPS) is 11.6. The molecule has 33 heavy (non-hydrogen) atoms. The molecule has 0 aliphatic carbocycles. The van der Waals surface area contributed by atoms with Crippen LogP contribution in [0.2, 0.25) is 0 Å². The van der Waals surface area contributed by atoms with Gasteiger partial charge in [-0.1, -0.05) is 36.6 Å². The summed E-state index contributed by atoms with van der Waals surface area (Å²) in [4.78, 5) is 9.10. The fourth-order valence-corrected chi connectivity index (χ4v) is 3.42. The van der Waals surface area contributed by atoms with Crippen LogP contribution in [0.1, 0.15) is 62.6 Å². The fraction of sp³-hybridized carbons (Fsp3) is 0.481. The molecule has 1 aromatic carbocycles. The lowest BCUT2D eigenvalue weighted by Crippen LogP contribution is -2.03. The first kappa shape index (κ1) is 26.2. The van der Waals surface area contributed by atoms with Gasteiger partial charge >= 0.3 is 0 Å². The molecule has 0 bridgehead atoms. The monoisotopic (exact) mass is 454 g/mol. The second kappa shape index (κ2) is 14.9. The minimum absolute atomic E-state index is 0.591. The van der Waals surface area contributed by atoms with Gasteiger partial charge in [0.05, 0.1) is 18.9 Å². The lowest BCUT2D eigenvalue weighted by atomic mass is 10.1. The quantitative estimate of drug-likeness (QED) is 0.134. The Balaban J connectivity index is 1.58. The van der Waals surface area contributed by atoms with E-state index >= 15 is 0 Å². The summed E-state index contributed by atoms with van der Waals surface area (Å²) in [5.74, 6) is 2.50. The predicted octanol–water partition coefficient (Wildman–Crippen LogP) is 6.43. The molecule has 6 heteroatoms. The Kier molecular flexibility index (Phi) is 11.9. The van der Waals surface area contributed by atoms with Crippen LogP contribution in [0.5, 0.6) is 17.4 Å². The molecule has 1 aromatic heterocycles. The number of aryl methyl sites for hydroxylation is 2. The van der Waals surface area contributed by atoms with Crippen molar-refractivity contribution in [3.8, 4) is 17.4 Å². The Hall–Kier alpha value is -3.02. The molecule has 0 atom stereocenters. The van der Waals surface area contributed by atoms with E-state index in [-0.39, 0.29) is 0 Å². The van der Waals surface area contributed by atoms with Gasteiger partial charge in [0.15, 0.2) is 0 Å². The number of ether oxygens (including phenoxy) is 3. The summed E-state index contributed by atoms with van der Waals surface area (Å²) in [6.45, 7) is 10.0. The van der Waals surface area contributed by atoms with Crippen molar-refractivity contribution in [2.45, 2.75) is 59.8 Å². The Morgan fingerprint density at radius 2 is 1.61 bits per heavy atom. The van der Waals surface area contributed by atoms with E-state index in [9.17, 15) is 0 Å². The third-order valence-corrected chi connectivity index (χ3v) is 5.18. The van der Waals surface area contributed by atoms with Gasteiger partial charge < -0.3 is 19.0 Å². The Morgan fingerprint density at radius 3 is 2.21 bits per heavy atom. The molecule has 0 aliphatic heterocycles. The molecule has 0 amide bonds. The number of aromatic nitrogens is 1. The second-order valence-electron chi connectivity index (χ2n) is 7.98. The molecule has 0 saturated carbocycles. The number of allylic oxidation sites excluding steroid dienone is 1. The zero-order valence-electron chi connectivity index (χ0n) is 20.7. The van der Waals surface area contributed by atoms with Gasteiger partial charge in [-0.15, -0.1) is 0 Å². The number of rotatable bonds is 15. The summed E-state index contributed by atoms with van der Waals surface area (Å²) in [6.07, 6.45) is 11.2. The van der Waals surface area contributed by atoms with Crippen molar-refractivity contribution in [1.29, 1.82) is 0 Å². The highest BCUT2D eigenvalue weighted by molar-refractivity contribution is 5.98. The second-order valence-corrected chi connectivity index (χ2v) is 7.98. The molecule has 0 saturated heterocycles. The maximum Gasteiger partial charge on any atom is 0.213 e. The number of oxime groups is 1. The standard InChI is InChI=1S/C27H38N2O4/c1-6-7-15-31-25-18-21(2)27(22(3)19-25)33-17-12-10-8-9-11-16-32-26-14-13-24(20-28-26)23(4)29-30-5/h6-7,13-14,18-20H,8-12,15-17H2,1-5H3/b7-6+,29-23-. The van der Waals surface area contributed by atoms with Gasteiger partial charge in [0, 0.05) is 17.8 Å². The predicted molar refractivity (Wildman–Crippen MR) is 134 cm³/mol. The highest BCUT2D eigenvalue weighted by Gasteiger charge is 2.07. The van der Waals surface area contributed by atoms with Gasteiger partial charge in [0.25, 0.3) is 0 Å². The lowest BCUT2D eigenvalue weighted by molar-refractivity contribution is 0.213. The summed E-state index contributed by atoms with van der Waals surface area (Å²) in [5, 5.41) is 3.90. The van der Waals surface area contributed by atoms with Gasteiger partial charge in [0.1, 0.15) is 25.2 Å². The average Bonchev–Trinajstić information content (AvgIpc) is 2.80. The molecule has 2 aromatic rings. The summed E-state index contributed by atoms with van der Waals surface area (Å²) >= 11 is 0. The first-order valence-electron chi connectivity index (χ1n) is 11.7. The minimum Gasteiger partial charge on any atom is -0.493 e. The van der Waals surface area contributed by atoms with E-state index in [4.69, 9.17) is 19.0 Å². The van der Waals surface area contributed by atoms with Crippen LogP contribution in [-0.4, -0.2) is 37.6 Å². The molecule has 0 unspecified atom stereocenters. The number of nitrogens with zero attached hydrogens (tertiary/aromatic N) is 2. The third-order valence-electron chi connectivity index (χ3n) is 5.18. The minimum atomic E-state index is 0.591. The lowest BCUT2D eigenvalue weighted by Gasteiger charge is -2.14. The zero-order valence-corrected chi connectivity index (χ0v) is 20.7. The van der Waals surface area contributed by atoms with Gasteiger partial charge in [-0.05, 0) is 69.9 Å². The van der Waals surface area contributed by atoms with Crippen LogP contribution >= 0.6 is 0 Å². The van der Waals surface area contributed by atoms with Crippen molar-refractivity contribution in [3.63, 3.8) is 0 Å². The van der Waals surface area contributed by atoms with E-state index in [1.54, 1.807) is 6.20 Å². The van der Waals surface area contributed by atoms with E-state index in [1.165, 1.54) is 13.5 Å². The van der Waals surface area contributed by atoms with Crippen LogP contribution in [0.15, 0.2) is 47.8 Å². The molecular formula is C27H38N2O4. The number of pyridine rings is 1. The topological polar surface area (TPSA) is 62.2 Å². The largest absolute Gasteiger partial charge is 0.493 e. The van der Waals surface area contributed by atoms with Gasteiger partial charge in [-0.3, -0.25) is 0 Å². The SMILES string of the molecule is C/C=C/COc1cc(C)c(OCCCCCCCOc2ccc(/C(C)=N\OC)cn2)c(C)c1. The van der Waals surface area contributed by atoms with Crippen LogP contribution in [0.3, 0.4) is 0 Å². The number of benzene rings is 1. The fourth-order valence-electron chi connectivity index (χ4n) is 3.42. The molecule has 0 aliphatic rings. The van der Waals surface area contributed by atoms with Crippen molar-refractivity contribution in [2.75, 3.05) is 26.9 Å². The van der Waals surface area contributed by atoms with Crippen molar-refractivity contribution in [1.82, 2.24) is 4.98 Å². The molecule has 0 spiro atoms. The Morgan fingerprint density at radius 1 is 0.939 bits per heavy atom. The summed E-state index contributed by atoms with van der Waals surface area (Å²) in [6, 6.07) is 7.89. The Labute approximate surface area is 198 Å². The third kappa shape index (κ3) is 9.56. The zero-order chi connectivity index (χ0) is 23.9. The van der Waals surface area contributed by atoms with Crippen molar-refractivity contribution in [3.05, 3.63) is 59.3 Å². The number of unbranched alkanes of at least 4 members (excludes halogenated alkanes) is 4. The number of hydrogen-bond donors (Lipinski definition) is 0. The van der Waals surface area contributed by atoms with Crippen LogP contribution in [0.25, 0.3) is 0 Å². The van der Waals surface area contributed by atoms with Gasteiger partial charge in [0.2, 0.25) is 5.88 Å². The van der Waals surface area contributed by atoms with E-state index in [0.29, 0.717) is 19.1 Å². The van der Waals surface area contributed by atoms with Gasteiger partial charge in [-0.2, -0.15) is 0 Å². The molecule has 0 radical (unpaired) electrons. The van der Waals surface area contributed by atoms with Crippen LogP contribution in [0, 0.1) is 13.8 Å². The first-order valence-corrected chi connectivity index (χ1v) is 11.7. The van der Waals surface area contributed by atoms with Crippen molar-refractivity contribution >= 4 is 5.71 Å². The molecular weight excluding hydrogens is 416 g/mol. The molecule has 6 nitrogen and oxygen atoms in total. The van der Waals surface area contributed by atoms with E-state index in [0.717, 1.165) is 66.2 Å². The van der Waals surface area contributed by atoms with Gasteiger partial charge in [-0.25, -0.2) is 4.98 Å². The molecule has 0 N–H and O–H groups in total. The van der Waals surface area contributed by atoms with E-state index in [2.05, 4.69) is 24.0 Å². The Bertz CT molecular complexity index is 868. The highest BCUT2D eigenvalue weighted by Crippen LogP contribution is 2.28. The highest BCUT2D eigenvalue weighted by atomic mass is 16.6. The van der Waals surface area contributed by atoms with Crippen LogP contribution in [0.4, 0.5) is 0 Å². The summed E-state index contributed by atoms with van der Waals surface area (Å²) in [7, 11) is 1.53. The van der Waals surface area contributed by atoms with E-state index < -0.39 is 0 Å². The van der Waals surface area contributed by atoms with Crippen molar-refractivity contribution < 1.29 is 19.0 Å². The van der Waals surface area contributed by atoms with Crippen LogP contribution < -0.4 is 14.2 Å². The molecule has 180 valence electrons. The van der Waals surface area contributed by atoms with E-state index in [1.807, 2.05) is 50.3 Å². The first-order chi connectivity index (χ1) is 16.0. The maximum atomic E-state index is 6.06. The smallest absolute Gasteiger partial charge is 0.213 e. The maximum absolute atomic E-state index is 6.06. The summed E-state index contributed by atoms with van der Waals surface area (Å²) < 4.78 is 17.5. The summed E-state index contributed by atoms with van der Waals surface area (Å²) in [5.41, 5.74) is 3.94. The van der Waals surface area contributed by atoms with Crippen LogP contribution in [-0.2, 0) is 4.84 Å². The van der Waals surface area contributed by atoms with Crippen molar-refractivity contribution in [2.24, 2.45) is 5.16 Å². The molecule has 2 rings (SSSR count). The number of hydrogen-bond acceptors (Lipinski definition) is 6. The average molecular weight is 455 g/mol. The molecule has 1 heterocycles.